The van der Waals surface area contributed by atoms with Crippen molar-refractivity contribution in [2.45, 2.75) is 33.2 Å². The van der Waals surface area contributed by atoms with Crippen LogP contribution in [0.1, 0.15) is 27.2 Å². The van der Waals surface area contributed by atoms with Crippen molar-refractivity contribution in [1.82, 2.24) is 5.32 Å². The Balaban J connectivity index is 2.61. The topological polar surface area (TPSA) is 12.0 Å². The first-order valence-corrected chi connectivity index (χ1v) is 4.15. The molecule has 1 nitrogen and oxygen atoms in total. The maximum Gasteiger partial charge on any atom is 0.0253 e. The minimum Gasteiger partial charge on any atom is -0.310 e. The van der Waals surface area contributed by atoms with E-state index in [0.29, 0.717) is 12.0 Å². The highest BCUT2D eigenvalue weighted by Gasteiger charge is 2.13. The van der Waals surface area contributed by atoms with E-state index in [1.165, 1.54) is 6.42 Å². The Labute approximate surface area is 63.5 Å². The fourth-order valence-electron chi connectivity index (χ4n) is 1.57. The molecule has 10 heavy (non-hydrogen) atoms. The van der Waals surface area contributed by atoms with Crippen LogP contribution in [0.15, 0.2) is 11.6 Å². The van der Waals surface area contributed by atoms with Gasteiger partial charge in [-0.25, -0.2) is 0 Å². The maximum atomic E-state index is 3.45. The molecule has 1 heteroatoms. The summed E-state index contributed by atoms with van der Waals surface area (Å²) in [6.45, 7) is 7.91. The summed E-state index contributed by atoms with van der Waals surface area (Å²) in [5.41, 5.74) is 1.58. The SMILES string of the molecule is CC(C)C1=CCCNC1C. The monoisotopic (exact) mass is 139 g/mol. The van der Waals surface area contributed by atoms with E-state index in [4.69, 9.17) is 0 Å². The number of rotatable bonds is 1. The molecule has 1 heterocycles. The van der Waals surface area contributed by atoms with E-state index in [1.807, 2.05) is 0 Å². The van der Waals surface area contributed by atoms with Crippen LogP contribution in [0.2, 0.25) is 0 Å². The Bertz CT molecular complexity index is 136. The molecule has 0 fully saturated rings. The van der Waals surface area contributed by atoms with Crippen molar-refractivity contribution < 1.29 is 0 Å². The van der Waals surface area contributed by atoms with Crippen LogP contribution in [0.4, 0.5) is 0 Å². The van der Waals surface area contributed by atoms with Crippen LogP contribution >= 0.6 is 0 Å². The predicted octanol–water partition coefficient (Wildman–Crippen LogP) is 1.95. The van der Waals surface area contributed by atoms with Gasteiger partial charge in [-0.05, 0) is 25.8 Å². The molecule has 1 aliphatic rings. The third-order valence-electron chi connectivity index (χ3n) is 2.14. The first-order valence-electron chi connectivity index (χ1n) is 4.15. The molecule has 0 aromatic carbocycles. The highest BCUT2D eigenvalue weighted by atomic mass is 14.9. The van der Waals surface area contributed by atoms with E-state index >= 15 is 0 Å². The van der Waals surface area contributed by atoms with Crippen molar-refractivity contribution in [3.8, 4) is 0 Å². The third-order valence-corrected chi connectivity index (χ3v) is 2.14. The van der Waals surface area contributed by atoms with Crippen molar-refractivity contribution in [1.29, 1.82) is 0 Å². The fraction of sp³-hybridized carbons (Fsp3) is 0.778. The summed E-state index contributed by atoms with van der Waals surface area (Å²) in [5, 5.41) is 3.45. The minimum atomic E-state index is 0.605. The lowest BCUT2D eigenvalue weighted by Gasteiger charge is -2.24. The summed E-state index contributed by atoms with van der Waals surface area (Å²) in [6, 6.07) is 0.605. The van der Waals surface area contributed by atoms with E-state index < -0.39 is 0 Å². The van der Waals surface area contributed by atoms with Crippen molar-refractivity contribution in [2.24, 2.45) is 5.92 Å². The molecule has 1 unspecified atom stereocenters. The van der Waals surface area contributed by atoms with Crippen LogP contribution in [0.25, 0.3) is 0 Å². The highest BCUT2D eigenvalue weighted by Crippen LogP contribution is 2.17. The van der Waals surface area contributed by atoms with E-state index in [1.54, 1.807) is 5.57 Å². The summed E-state index contributed by atoms with van der Waals surface area (Å²) in [6.07, 6.45) is 3.59. The molecule has 0 saturated heterocycles. The quantitative estimate of drug-likeness (QED) is 0.547. The lowest BCUT2D eigenvalue weighted by atomic mass is 9.93. The van der Waals surface area contributed by atoms with Crippen LogP contribution in [-0.4, -0.2) is 12.6 Å². The van der Waals surface area contributed by atoms with Gasteiger partial charge in [0.25, 0.3) is 0 Å². The molecule has 1 aliphatic heterocycles. The second-order valence-corrected chi connectivity index (χ2v) is 3.32. The van der Waals surface area contributed by atoms with Gasteiger partial charge < -0.3 is 5.32 Å². The zero-order valence-electron chi connectivity index (χ0n) is 7.15. The van der Waals surface area contributed by atoms with Crippen molar-refractivity contribution >= 4 is 0 Å². The molecule has 0 bridgehead atoms. The molecule has 0 spiro atoms. The second-order valence-electron chi connectivity index (χ2n) is 3.32. The first-order chi connectivity index (χ1) is 4.72. The molecule has 1 atom stereocenters. The predicted molar refractivity (Wildman–Crippen MR) is 45.0 cm³/mol. The largest absolute Gasteiger partial charge is 0.310 e. The molecule has 0 radical (unpaired) electrons. The standard InChI is InChI=1S/C9H17N/c1-7(2)9-5-4-6-10-8(9)3/h5,7-8,10H,4,6H2,1-3H3. The Hall–Kier alpha value is -0.300. The highest BCUT2D eigenvalue weighted by molar-refractivity contribution is 5.14. The molecule has 0 aliphatic carbocycles. The lowest BCUT2D eigenvalue weighted by Crippen LogP contribution is -2.33. The van der Waals surface area contributed by atoms with Gasteiger partial charge in [0, 0.05) is 6.04 Å². The lowest BCUT2D eigenvalue weighted by molar-refractivity contribution is 0.530. The van der Waals surface area contributed by atoms with Gasteiger partial charge in [-0.2, -0.15) is 0 Å². The molecule has 1 N–H and O–H groups in total. The van der Waals surface area contributed by atoms with Crippen molar-refractivity contribution in [3.63, 3.8) is 0 Å². The van der Waals surface area contributed by atoms with Crippen molar-refractivity contribution in [3.05, 3.63) is 11.6 Å². The maximum absolute atomic E-state index is 3.45. The number of nitrogens with one attached hydrogen (secondary N) is 1. The van der Waals surface area contributed by atoms with Gasteiger partial charge in [-0.15, -0.1) is 0 Å². The molecule has 1 rings (SSSR count). The Kier molecular flexibility index (Phi) is 2.50. The third kappa shape index (κ3) is 1.60. The molecule has 58 valence electrons. The Morgan fingerprint density at radius 3 is 2.70 bits per heavy atom. The van der Waals surface area contributed by atoms with Gasteiger partial charge in [0.1, 0.15) is 0 Å². The van der Waals surface area contributed by atoms with Crippen LogP contribution in [0.3, 0.4) is 0 Å². The van der Waals surface area contributed by atoms with Gasteiger partial charge >= 0.3 is 0 Å². The number of hydrogen-bond acceptors (Lipinski definition) is 1. The van der Waals surface area contributed by atoms with E-state index in [-0.39, 0.29) is 0 Å². The van der Waals surface area contributed by atoms with Gasteiger partial charge in [0.15, 0.2) is 0 Å². The molecular formula is C9H17N. The zero-order chi connectivity index (χ0) is 7.56. The average Bonchev–Trinajstić information content (AvgIpc) is 1.88. The van der Waals surface area contributed by atoms with Gasteiger partial charge in [-0.3, -0.25) is 0 Å². The van der Waals surface area contributed by atoms with E-state index in [2.05, 4.69) is 32.2 Å². The molecule has 0 aromatic heterocycles. The summed E-state index contributed by atoms with van der Waals surface area (Å²) in [7, 11) is 0. The second kappa shape index (κ2) is 3.20. The van der Waals surface area contributed by atoms with Gasteiger partial charge in [-0.1, -0.05) is 25.5 Å². The van der Waals surface area contributed by atoms with E-state index in [0.717, 1.165) is 6.54 Å². The number of hydrogen-bond donors (Lipinski definition) is 1. The summed E-state index contributed by atoms with van der Waals surface area (Å²) in [5.74, 6) is 0.711. The van der Waals surface area contributed by atoms with Crippen LogP contribution in [-0.2, 0) is 0 Å². The smallest absolute Gasteiger partial charge is 0.0253 e. The molecule has 0 saturated carbocycles. The average molecular weight is 139 g/mol. The van der Waals surface area contributed by atoms with Gasteiger partial charge in [0.05, 0.1) is 0 Å². The van der Waals surface area contributed by atoms with E-state index in [9.17, 15) is 0 Å². The summed E-state index contributed by atoms with van der Waals surface area (Å²) < 4.78 is 0. The van der Waals surface area contributed by atoms with Crippen LogP contribution in [0, 0.1) is 5.92 Å². The molecule has 0 aromatic rings. The first kappa shape index (κ1) is 7.80. The van der Waals surface area contributed by atoms with Crippen LogP contribution < -0.4 is 5.32 Å². The molecular weight excluding hydrogens is 122 g/mol. The zero-order valence-corrected chi connectivity index (χ0v) is 7.15. The van der Waals surface area contributed by atoms with Crippen molar-refractivity contribution in [2.75, 3.05) is 6.54 Å². The summed E-state index contributed by atoms with van der Waals surface area (Å²) >= 11 is 0. The Morgan fingerprint density at radius 1 is 1.60 bits per heavy atom. The van der Waals surface area contributed by atoms with Gasteiger partial charge in [0.2, 0.25) is 0 Å². The molecule has 0 amide bonds. The fourth-order valence-corrected chi connectivity index (χ4v) is 1.57. The minimum absolute atomic E-state index is 0.605. The Morgan fingerprint density at radius 2 is 2.30 bits per heavy atom. The summed E-state index contributed by atoms with van der Waals surface area (Å²) in [4.78, 5) is 0. The normalized spacial score (nSPS) is 26.8. The van der Waals surface area contributed by atoms with Crippen LogP contribution in [0.5, 0.6) is 0 Å².